The summed E-state index contributed by atoms with van der Waals surface area (Å²) in [5, 5.41) is 0. The van der Waals surface area contributed by atoms with Crippen LogP contribution in [-0.4, -0.2) is 24.8 Å². The molecule has 0 atom stereocenters. The Bertz CT molecular complexity index is 247. The van der Waals surface area contributed by atoms with Crippen LogP contribution in [0.5, 0.6) is 0 Å². The van der Waals surface area contributed by atoms with Crippen LogP contribution in [0.15, 0.2) is 16.3 Å². The summed E-state index contributed by atoms with van der Waals surface area (Å²) in [6.45, 7) is 7.66. The smallest absolute Gasteiger partial charge is 0.0893 e. The molecule has 1 rings (SSSR count). The van der Waals surface area contributed by atoms with Crippen molar-refractivity contribution in [2.75, 3.05) is 13.6 Å². The van der Waals surface area contributed by atoms with Crippen molar-refractivity contribution in [1.29, 1.82) is 0 Å². The van der Waals surface area contributed by atoms with Crippen molar-refractivity contribution in [2.45, 2.75) is 46.5 Å². The molecule has 0 saturated carbocycles. The maximum atomic E-state index is 4.34. The molecule has 0 N–H and O–H groups in total. The van der Waals surface area contributed by atoms with Crippen LogP contribution in [-0.2, 0) is 0 Å². The fraction of sp³-hybridized carbons (Fsp3) is 0.769. The van der Waals surface area contributed by atoms with Crippen molar-refractivity contribution in [3.63, 3.8) is 0 Å². The highest BCUT2D eigenvalue weighted by atomic mass is 15.2. The third-order valence-electron chi connectivity index (χ3n) is 3.06. The molecule has 1 aliphatic heterocycles. The van der Waals surface area contributed by atoms with Gasteiger partial charge in [-0.3, -0.25) is 4.99 Å². The number of rotatable bonds is 5. The lowest BCUT2D eigenvalue weighted by Crippen LogP contribution is -2.27. The molecule has 0 bridgehead atoms. The first kappa shape index (κ1) is 12.3. The second-order valence-electron chi connectivity index (χ2n) is 4.51. The Kier molecular flexibility index (Phi) is 4.86. The van der Waals surface area contributed by atoms with Gasteiger partial charge in [-0.2, -0.15) is 0 Å². The summed E-state index contributed by atoms with van der Waals surface area (Å²) >= 11 is 0. The zero-order valence-corrected chi connectivity index (χ0v) is 10.6. The van der Waals surface area contributed by atoms with Crippen molar-refractivity contribution in [2.24, 2.45) is 10.9 Å². The monoisotopic (exact) mass is 208 g/mol. The zero-order valence-electron chi connectivity index (χ0n) is 10.6. The van der Waals surface area contributed by atoms with Gasteiger partial charge < -0.3 is 4.90 Å². The minimum absolute atomic E-state index is 0.733. The average molecular weight is 208 g/mol. The van der Waals surface area contributed by atoms with Gasteiger partial charge in [-0.15, -0.1) is 0 Å². The molecule has 0 radical (unpaired) electrons. The lowest BCUT2D eigenvalue weighted by atomic mass is 9.91. The molecule has 0 spiro atoms. The highest BCUT2D eigenvalue weighted by molar-refractivity contribution is 5.60. The Morgan fingerprint density at radius 3 is 2.40 bits per heavy atom. The maximum Gasteiger partial charge on any atom is 0.0893 e. The molecular weight excluding hydrogens is 184 g/mol. The van der Waals surface area contributed by atoms with Crippen molar-refractivity contribution < 1.29 is 0 Å². The number of aliphatic imine (C=N–C) groups is 1. The number of hydrogen-bond donors (Lipinski definition) is 0. The van der Waals surface area contributed by atoms with Gasteiger partial charge >= 0.3 is 0 Å². The fourth-order valence-corrected chi connectivity index (χ4v) is 2.50. The molecule has 0 aromatic heterocycles. The molecule has 0 aromatic rings. The summed E-state index contributed by atoms with van der Waals surface area (Å²) in [4.78, 5) is 6.55. The Morgan fingerprint density at radius 2 is 1.93 bits per heavy atom. The van der Waals surface area contributed by atoms with E-state index < -0.39 is 0 Å². The molecule has 0 aromatic carbocycles. The minimum atomic E-state index is 0.733. The molecule has 0 aliphatic carbocycles. The minimum Gasteiger partial charge on any atom is -0.339 e. The molecule has 0 amide bonds. The van der Waals surface area contributed by atoms with Crippen LogP contribution < -0.4 is 0 Å². The van der Waals surface area contributed by atoms with E-state index in [0.29, 0.717) is 0 Å². The van der Waals surface area contributed by atoms with E-state index in [1.807, 2.05) is 6.34 Å². The first-order valence-electron chi connectivity index (χ1n) is 6.13. The van der Waals surface area contributed by atoms with E-state index >= 15 is 0 Å². The maximum absolute atomic E-state index is 4.34. The molecule has 2 heteroatoms. The summed E-state index contributed by atoms with van der Waals surface area (Å²) in [6, 6.07) is 0. The Balaban J connectivity index is 2.79. The van der Waals surface area contributed by atoms with Crippen LogP contribution in [0.25, 0.3) is 0 Å². The van der Waals surface area contributed by atoms with Crippen LogP contribution in [0.2, 0.25) is 0 Å². The highest BCUT2D eigenvalue weighted by Crippen LogP contribution is 2.28. The molecular formula is C13H24N2. The third kappa shape index (κ3) is 3.08. The molecule has 1 aliphatic rings. The van der Waals surface area contributed by atoms with Crippen molar-refractivity contribution >= 4 is 6.34 Å². The second kappa shape index (κ2) is 5.94. The largest absolute Gasteiger partial charge is 0.339 e. The predicted octanol–water partition coefficient (Wildman–Crippen LogP) is 3.45. The molecule has 86 valence electrons. The van der Waals surface area contributed by atoms with Crippen LogP contribution in [0.3, 0.4) is 0 Å². The van der Waals surface area contributed by atoms with Gasteiger partial charge in [-0.05, 0) is 31.3 Å². The first-order valence-corrected chi connectivity index (χ1v) is 6.13. The summed E-state index contributed by atoms with van der Waals surface area (Å²) in [6.07, 6.45) is 7.12. The van der Waals surface area contributed by atoms with Crippen LogP contribution in [0.4, 0.5) is 0 Å². The molecule has 0 saturated heterocycles. The summed E-state index contributed by atoms with van der Waals surface area (Å²) in [5.41, 5.74) is 2.97. The highest BCUT2D eigenvalue weighted by Gasteiger charge is 2.20. The third-order valence-corrected chi connectivity index (χ3v) is 3.06. The normalized spacial score (nSPS) is 16.7. The molecule has 2 nitrogen and oxygen atoms in total. The van der Waals surface area contributed by atoms with Crippen LogP contribution in [0.1, 0.15) is 46.5 Å². The standard InChI is InChI=1S/C13H24N2/c1-5-7-12(8-6-2)13-11(3)9-14-10-15(13)4/h10,12H,5-9H2,1-4H3. The van der Waals surface area contributed by atoms with Crippen molar-refractivity contribution in [3.8, 4) is 0 Å². The van der Waals surface area contributed by atoms with Crippen LogP contribution >= 0.6 is 0 Å². The quantitative estimate of drug-likeness (QED) is 0.675. The van der Waals surface area contributed by atoms with Gasteiger partial charge in [-0.25, -0.2) is 0 Å². The van der Waals surface area contributed by atoms with Gasteiger partial charge in [-0.1, -0.05) is 26.7 Å². The molecule has 1 heterocycles. The number of hydrogen-bond acceptors (Lipinski definition) is 2. The number of nitrogens with zero attached hydrogens (tertiary/aromatic N) is 2. The van der Waals surface area contributed by atoms with E-state index in [1.54, 1.807) is 0 Å². The first-order chi connectivity index (χ1) is 7.20. The van der Waals surface area contributed by atoms with E-state index in [4.69, 9.17) is 0 Å². The van der Waals surface area contributed by atoms with E-state index in [0.717, 1.165) is 12.5 Å². The van der Waals surface area contributed by atoms with Gasteiger partial charge in [0.05, 0.1) is 12.9 Å². The lowest BCUT2D eigenvalue weighted by Gasteiger charge is -2.30. The molecule has 0 unspecified atom stereocenters. The van der Waals surface area contributed by atoms with Gasteiger partial charge in [0.1, 0.15) is 0 Å². The number of allylic oxidation sites excluding steroid dienone is 1. The Labute approximate surface area is 94.1 Å². The van der Waals surface area contributed by atoms with E-state index in [2.05, 4.69) is 37.7 Å². The van der Waals surface area contributed by atoms with Gasteiger partial charge in [0.2, 0.25) is 0 Å². The summed E-state index contributed by atoms with van der Waals surface area (Å²) < 4.78 is 0. The molecule has 0 fully saturated rings. The summed E-state index contributed by atoms with van der Waals surface area (Å²) in [5.74, 6) is 0.733. The second-order valence-corrected chi connectivity index (χ2v) is 4.51. The van der Waals surface area contributed by atoms with E-state index in [1.165, 1.54) is 37.0 Å². The lowest BCUT2D eigenvalue weighted by molar-refractivity contribution is 0.413. The topological polar surface area (TPSA) is 15.6 Å². The van der Waals surface area contributed by atoms with E-state index in [9.17, 15) is 0 Å². The Morgan fingerprint density at radius 1 is 1.33 bits per heavy atom. The van der Waals surface area contributed by atoms with Crippen LogP contribution in [0, 0.1) is 5.92 Å². The van der Waals surface area contributed by atoms with Crippen molar-refractivity contribution in [3.05, 3.63) is 11.3 Å². The van der Waals surface area contributed by atoms with Gasteiger partial charge in [0.15, 0.2) is 0 Å². The molecule has 15 heavy (non-hydrogen) atoms. The Hall–Kier alpha value is -0.790. The predicted molar refractivity (Wildman–Crippen MR) is 67.1 cm³/mol. The van der Waals surface area contributed by atoms with Gasteiger partial charge in [0, 0.05) is 12.7 Å². The van der Waals surface area contributed by atoms with Crippen molar-refractivity contribution in [1.82, 2.24) is 4.90 Å². The fourth-order valence-electron chi connectivity index (χ4n) is 2.50. The zero-order chi connectivity index (χ0) is 11.3. The van der Waals surface area contributed by atoms with E-state index in [-0.39, 0.29) is 0 Å². The summed E-state index contributed by atoms with van der Waals surface area (Å²) in [7, 11) is 2.12. The SMILES string of the molecule is CCCC(CCC)C1=C(C)CN=CN1C. The average Bonchev–Trinajstić information content (AvgIpc) is 2.18. The van der Waals surface area contributed by atoms with Gasteiger partial charge in [0.25, 0.3) is 0 Å².